The second-order valence-corrected chi connectivity index (χ2v) is 16.1. The number of fused-ring (bicyclic) bond motifs is 13. The molecule has 6 nitrogen and oxygen atoms in total. The zero-order chi connectivity index (χ0) is 40.5. The molecule has 0 spiro atoms. The molecule has 0 saturated carbocycles. The van der Waals surface area contributed by atoms with Crippen molar-refractivity contribution in [3.8, 4) is 39.5 Å². The molecular weight excluding hydrogens is 763 g/mol. The van der Waals surface area contributed by atoms with Crippen LogP contribution in [0.5, 0.6) is 0 Å². The topological polar surface area (TPSA) is 70.1 Å². The van der Waals surface area contributed by atoms with Crippen LogP contribution in [-0.4, -0.2) is 14.5 Å². The first-order valence-electron chi connectivity index (χ1n) is 20.8. The molecule has 0 atom stereocenters. The minimum atomic E-state index is 0.522. The molecule has 0 N–H and O–H groups in total. The third-order valence-corrected chi connectivity index (χ3v) is 12.6. The van der Waals surface area contributed by atoms with Gasteiger partial charge in [-0.05, 0) is 83.1 Å². The van der Waals surface area contributed by atoms with Crippen LogP contribution in [0.2, 0.25) is 0 Å². The molecule has 0 radical (unpaired) electrons. The second kappa shape index (κ2) is 12.5. The van der Waals surface area contributed by atoms with Crippen molar-refractivity contribution in [2.45, 2.75) is 0 Å². The highest BCUT2D eigenvalue weighted by Gasteiger charge is 2.23. The Morgan fingerprint density at radius 3 is 1.94 bits per heavy atom. The minimum Gasteiger partial charge on any atom is -0.456 e. The van der Waals surface area contributed by atoms with Gasteiger partial charge < -0.3 is 17.8 Å². The maximum absolute atomic E-state index is 6.89. The van der Waals surface area contributed by atoms with Gasteiger partial charge in [0.1, 0.15) is 27.9 Å². The smallest absolute Gasteiger partial charge is 0.231 e. The quantitative estimate of drug-likeness (QED) is 0.177. The number of benzene rings is 9. The van der Waals surface area contributed by atoms with E-state index in [0.29, 0.717) is 11.5 Å². The van der Waals surface area contributed by atoms with E-state index in [2.05, 4.69) is 138 Å². The molecule has 0 fully saturated rings. The third kappa shape index (κ3) is 4.74. The summed E-state index contributed by atoms with van der Waals surface area (Å²) in [6, 6.07) is 65.6. The molecule has 288 valence electrons. The number of furan rings is 3. The van der Waals surface area contributed by atoms with Gasteiger partial charge in [-0.25, -0.2) is 4.98 Å². The van der Waals surface area contributed by atoms with Crippen molar-refractivity contribution in [3.05, 3.63) is 188 Å². The monoisotopic (exact) mass is 793 g/mol. The van der Waals surface area contributed by atoms with Crippen molar-refractivity contribution in [3.63, 3.8) is 0 Å². The lowest BCUT2D eigenvalue weighted by molar-refractivity contribution is 0.653. The van der Waals surface area contributed by atoms with E-state index in [1.165, 1.54) is 21.5 Å². The number of hydrogen-bond acceptors (Lipinski definition) is 5. The van der Waals surface area contributed by atoms with Crippen molar-refractivity contribution in [1.29, 1.82) is 0 Å². The Hall–Kier alpha value is -8.48. The summed E-state index contributed by atoms with van der Waals surface area (Å²) < 4.78 is 22.2. The Kier molecular flexibility index (Phi) is 6.74. The molecule has 0 unspecified atom stereocenters. The minimum absolute atomic E-state index is 0.522. The fourth-order valence-electron chi connectivity index (χ4n) is 9.78. The van der Waals surface area contributed by atoms with Crippen molar-refractivity contribution in [1.82, 2.24) is 14.5 Å². The van der Waals surface area contributed by atoms with Gasteiger partial charge in [-0.1, -0.05) is 121 Å². The van der Waals surface area contributed by atoms with E-state index in [4.69, 9.17) is 23.2 Å². The van der Waals surface area contributed by atoms with Crippen LogP contribution in [0.25, 0.3) is 138 Å². The normalized spacial score (nSPS) is 12.2. The zero-order valence-corrected chi connectivity index (χ0v) is 33.0. The van der Waals surface area contributed by atoms with Crippen LogP contribution in [0.15, 0.2) is 201 Å². The van der Waals surface area contributed by atoms with E-state index in [1.54, 1.807) is 0 Å². The van der Waals surface area contributed by atoms with Gasteiger partial charge in [-0.15, -0.1) is 0 Å². The average molecular weight is 794 g/mol. The lowest BCUT2D eigenvalue weighted by Gasteiger charge is -2.12. The van der Waals surface area contributed by atoms with Crippen molar-refractivity contribution < 1.29 is 13.3 Å². The van der Waals surface area contributed by atoms with Gasteiger partial charge in [0.2, 0.25) is 5.71 Å². The lowest BCUT2D eigenvalue weighted by Crippen LogP contribution is -1.96. The SMILES string of the molecule is c1ccc(-c2nc(-c3ccc4c(c3)oc3ccccc34)nc3oc4ccc(-c5ccc(-n6c7ccccc7c7cc8ccccc8cc76)c6c5oc5ccccc56)cc4c23)cc1. The molecule has 0 aliphatic heterocycles. The summed E-state index contributed by atoms with van der Waals surface area (Å²) >= 11 is 0. The fourth-order valence-corrected chi connectivity index (χ4v) is 9.78. The molecule has 0 amide bonds. The first-order chi connectivity index (χ1) is 30.7. The van der Waals surface area contributed by atoms with Crippen molar-refractivity contribution >= 4 is 98.5 Å². The molecule has 0 saturated heterocycles. The molecule has 14 rings (SSSR count). The highest BCUT2D eigenvalue weighted by atomic mass is 16.3. The standard InChI is InChI=1S/C56H31N3O3/c1-2-12-32(13-3-1)53-52-43-29-35(23-27-49(43)62-56(52)58-55(57-53)36-22-24-40-39-17-7-10-20-47(39)60-50(40)31-36)37-25-26-45(51-41-18-8-11-21-48(41)61-54(37)51)59-44-19-9-6-16-38(44)42-28-33-14-4-5-15-34(33)30-46(42)59/h1-31H. The Morgan fingerprint density at radius 1 is 0.371 bits per heavy atom. The van der Waals surface area contributed by atoms with Crippen LogP contribution in [0.3, 0.4) is 0 Å². The molecular formula is C56H31N3O3. The van der Waals surface area contributed by atoms with Gasteiger partial charge in [0.15, 0.2) is 5.82 Å². The molecule has 5 aromatic heterocycles. The predicted molar refractivity (Wildman–Crippen MR) is 252 cm³/mol. The molecule has 9 aromatic carbocycles. The average Bonchev–Trinajstić information content (AvgIpc) is 4.09. The second-order valence-electron chi connectivity index (χ2n) is 16.1. The predicted octanol–water partition coefficient (Wildman–Crippen LogP) is 15.4. The van der Waals surface area contributed by atoms with Gasteiger partial charge >= 0.3 is 0 Å². The summed E-state index contributed by atoms with van der Waals surface area (Å²) in [6.45, 7) is 0. The summed E-state index contributed by atoms with van der Waals surface area (Å²) in [6.07, 6.45) is 0. The summed E-state index contributed by atoms with van der Waals surface area (Å²) in [7, 11) is 0. The van der Waals surface area contributed by atoms with Crippen molar-refractivity contribution in [2.75, 3.05) is 0 Å². The molecule has 14 aromatic rings. The number of hydrogen-bond donors (Lipinski definition) is 0. The molecule has 0 bridgehead atoms. The molecule has 0 aliphatic carbocycles. The van der Waals surface area contributed by atoms with Gasteiger partial charge in [0.05, 0.1) is 33.2 Å². The van der Waals surface area contributed by atoms with Gasteiger partial charge in [-0.3, -0.25) is 0 Å². The summed E-state index contributed by atoms with van der Waals surface area (Å²) in [5.74, 6) is 0.565. The van der Waals surface area contributed by atoms with E-state index < -0.39 is 0 Å². The van der Waals surface area contributed by atoms with E-state index in [1.807, 2.05) is 54.6 Å². The van der Waals surface area contributed by atoms with E-state index >= 15 is 0 Å². The van der Waals surface area contributed by atoms with Gasteiger partial charge in [0, 0.05) is 49.0 Å². The Balaban J connectivity index is 0.994. The maximum Gasteiger partial charge on any atom is 0.231 e. The maximum atomic E-state index is 6.89. The summed E-state index contributed by atoms with van der Waals surface area (Å²) in [5.41, 5.74) is 12.5. The Bertz CT molecular complexity index is 4170. The Labute approximate surface area is 352 Å². The van der Waals surface area contributed by atoms with E-state index in [-0.39, 0.29) is 0 Å². The Morgan fingerprint density at radius 2 is 1.06 bits per heavy atom. The first kappa shape index (κ1) is 33.4. The number of rotatable bonds is 4. The molecule has 6 heteroatoms. The van der Waals surface area contributed by atoms with Gasteiger partial charge in [0.25, 0.3) is 0 Å². The summed E-state index contributed by atoms with van der Waals surface area (Å²) in [4.78, 5) is 10.4. The first-order valence-corrected chi connectivity index (χ1v) is 20.8. The number of nitrogens with zero attached hydrogens (tertiary/aromatic N) is 3. The molecule has 5 heterocycles. The highest BCUT2D eigenvalue weighted by molar-refractivity contribution is 6.19. The largest absolute Gasteiger partial charge is 0.456 e. The van der Waals surface area contributed by atoms with E-state index in [9.17, 15) is 0 Å². The van der Waals surface area contributed by atoms with Crippen LogP contribution in [0.4, 0.5) is 0 Å². The van der Waals surface area contributed by atoms with Crippen LogP contribution in [0, 0.1) is 0 Å². The zero-order valence-electron chi connectivity index (χ0n) is 33.0. The van der Waals surface area contributed by atoms with Crippen LogP contribution < -0.4 is 0 Å². The summed E-state index contributed by atoms with van der Waals surface area (Å²) in [5, 5.41) is 10.9. The highest BCUT2D eigenvalue weighted by Crippen LogP contribution is 2.45. The van der Waals surface area contributed by atoms with Crippen molar-refractivity contribution in [2.24, 2.45) is 0 Å². The van der Waals surface area contributed by atoms with E-state index in [0.717, 1.165) is 105 Å². The number of para-hydroxylation sites is 3. The molecule has 0 aliphatic rings. The molecule has 62 heavy (non-hydrogen) atoms. The van der Waals surface area contributed by atoms with Crippen LogP contribution >= 0.6 is 0 Å². The third-order valence-electron chi connectivity index (χ3n) is 12.6. The van der Waals surface area contributed by atoms with Crippen LogP contribution in [-0.2, 0) is 0 Å². The fraction of sp³-hybridized carbons (Fsp3) is 0. The lowest BCUT2D eigenvalue weighted by atomic mass is 9.98. The van der Waals surface area contributed by atoms with Crippen LogP contribution in [0.1, 0.15) is 0 Å². The van der Waals surface area contributed by atoms with Gasteiger partial charge in [-0.2, -0.15) is 4.98 Å². The number of aromatic nitrogens is 3.